The molecule has 166 valence electrons. The minimum absolute atomic E-state index is 0.0242. The summed E-state index contributed by atoms with van der Waals surface area (Å²) in [5, 5.41) is 13.7. The van der Waals surface area contributed by atoms with Gasteiger partial charge in [-0.25, -0.2) is 4.98 Å². The van der Waals surface area contributed by atoms with Gasteiger partial charge < -0.3 is 15.7 Å². The van der Waals surface area contributed by atoms with Gasteiger partial charge in [0.1, 0.15) is 17.0 Å². The van der Waals surface area contributed by atoms with Gasteiger partial charge >= 0.3 is 6.18 Å². The third-order valence-corrected chi connectivity index (χ3v) is 5.31. The Morgan fingerprint density at radius 2 is 1.81 bits per heavy atom. The molecule has 3 N–H and O–H groups in total. The highest BCUT2D eigenvalue weighted by atomic mass is 32.2. The van der Waals surface area contributed by atoms with Crippen molar-refractivity contribution in [2.75, 3.05) is 11.9 Å². The molecular weight excluding hydrogens is 445 g/mol. The van der Waals surface area contributed by atoms with Crippen LogP contribution in [0.3, 0.4) is 0 Å². The minimum atomic E-state index is -4.54. The second-order valence-corrected chi connectivity index (χ2v) is 7.49. The summed E-state index contributed by atoms with van der Waals surface area (Å²) in [5.41, 5.74) is -0.168. The molecule has 0 spiro atoms. The number of carbonyl (C=O) groups is 2. The van der Waals surface area contributed by atoms with Crippen LogP contribution in [0.25, 0.3) is 0 Å². The number of nitrogens with zero attached hydrogens (tertiary/aromatic N) is 2. The number of hydrogen-bond donors (Lipinski definition) is 3. The summed E-state index contributed by atoms with van der Waals surface area (Å²) in [7, 11) is 0. The molecule has 3 rings (SSSR count). The van der Waals surface area contributed by atoms with Crippen LogP contribution in [-0.2, 0) is 11.0 Å². The van der Waals surface area contributed by atoms with E-state index in [9.17, 15) is 22.8 Å². The van der Waals surface area contributed by atoms with Gasteiger partial charge in [0.05, 0.1) is 11.1 Å². The molecule has 2 aromatic heterocycles. The van der Waals surface area contributed by atoms with Crippen LogP contribution in [0.1, 0.15) is 26.9 Å². The normalized spacial score (nSPS) is 12.1. The van der Waals surface area contributed by atoms with Crippen LogP contribution < -0.4 is 10.6 Å². The number of aliphatic hydroxyl groups is 1. The van der Waals surface area contributed by atoms with Crippen LogP contribution in [0.5, 0.6) is 0 Å². The smallest absolute Gasteiger partial charge is 0.387 e. The zero-order chi connectivity index (χ0) is 23.1. The van der Waals surface area contributed by atoms with Gasteiger partial charge in [0.2, 0.25) is 5.91 Å². The fraction of sp³-hybridized carbons (Fsp3) is 0.143. The maximum Gasteiger partial charge on any atom is 0.416 e. The van der Waals surface area contributed by atoms with Crippen molar-refractivity contribution in [3.63, 3.8) is 0 Å². The van der Waals surface area contributed by atoms with Crippen molar-refractivity contribution in [3.05, 3.63) is 83.8 Å². The van der Waals surface area contributed by atoms with Crippen LogP contribution >= 0.6 is 11.8 Å². The Kier molecular flexibility index (Phi) is 7.44. The molecule has 0 fully saturated rings. The van der Waals surface area contributed by atoms with Crippen molar-refractivity contribution in [1.29, 1.82) is 0 Å². The fourth-order valence-corrected chi connectivity index (χ4v) is 3.77. The number of hydrogen-bond acceptors (Lipinski definition) is 6. The number of rotatable bonds is 7. The topological polar surface area (TPSA) is 104 Å². The maximum atomic E-state index is 12.9. The first-order valence-corrected chi connectivity index (χ1v) is 10.1. The lowest BCUT2D eigenvalue weighted by molar-refractivity contribution is -0.137. The molecule has 0 aliphatic rings. The van der Waals surface area contributed by atoms with E-state index in [1.54, 1.807) is 12.1 Å². The van der Waals surface area contributed by atoms with E-state index in [1.807, 2.05) is 0 Å². The van der Waals surface area contributed by atoms with Gasteiger partial charge in [-0.3, -0.25) is 14.6 Å². The lowest BCUT2D eigenvalue weighted by Gasteiger charge is -2.19. The molecule has 0 saturated heterocycles. The zero-order valence-electron chi connectivity index (χ0n) is 16.3. The number of aliphatic hydroxyl groups excluding tert-OH is 1. The molecule has 1 unspecified atom stereocenters. The second kappa shape index (κ2) is 10.2. The van der Waals surface area contributed by atoms with Gasteiger partial charge in [-0.15, -0.1) is 0 Å². The highest BCUT2D eigenvalue weighted by molar-refractivity contribution is 7.99. The van der Waals surface area contributed by atoms with Gasteiger partial charge in [0.15, 0.2) is 0 Å². The molecule has 1 atom stereocenters. The summed E-state index contributed by atoms with van der Waals surface area (Å²) in [6.07, 6.45) is -0.0546. The highest BCUT2D eigenvalue weighted by Gasteiger charge is 2.30. The summed E-state index contributed by atoms with van der Waals surface area (Å²) in [4.78, 5) is 32.7. The van der Waals surface area contributed by atoms with Gasteiger partial charge in [0, 0.05) is 24.3 Å². The summed E-state index contributed by atoms with van der Waals surface area (Å²) < 4.78 is 38.8. The average Bonchev–Trinajstić information content (AvgIpc) is 2.79. The van der Waals surface area contributed by atoms with E-state index in [0.717, 1.165) is 23.9 Å². The number of aromatic nitrogens is 2. The van der Waals surface area contributed by atoms with Crippen molar-refractivity contribution in [2.45, 2.75) is 16.6 Å². The predicted octanol–water partition coefficient (Wildman–Crippen LogP) is 3.65. The number of thioether (sulfide) groups is 1. The lowest BCUT2D eigenvalue weighted by Crippen LogP contribution is -2.29. The molecule has 0 aliphatic heterocycles. The van der Waals surface area contributed by atoms with Crippen LogP contribution in [0, 0.1) is 0 Å². The fourth-order valence-electron chi connectivity index (χ4n) is 2.65. The van der Waals surface area contributed by atoms with Gasteiger partial charge in [-0.1, -0.05) is 17.8 Å². The van der Waals surface area contributed by atoms with E-state index in [4.69, 9.17) is 5.11 Å². The van der Waals surface area contributed by atoms with E-state index in [0.29, 0.717) is 5.56 Å². The summed E-state index contributed by atoms with van der Waals surface area (Å²) >= 11 is 1.04. The molecule has 11 heteroatoms. The summed E-state index contributed by atoms with van der Waals surface area (Å²) in [6.45, 7) is -0.729. The number of nitrogens with one attached hydrogen (secondary N) is 2. The van der Waals surface area contributed by atoms with Crippen molar-refractivity contribution >= 4 is 29.3 Å². The highest BCUT2D eigenvalue weighted by Crippen LogP contribution is 2.34. The number of benzene rings is 1. The standard InChI is InChI=1S/C21H17F3N4O3S/c22-21(23,24)14-3-1-4-15(11-14)27-18(31)16-5-2-8-26-20(16)32-19(28-17(30)12-29)13-6-9-25-10-7-13/h1-11,19,29H,12H2,(H,27,31)(H,28,30). The summed E-state index contributed by atoms with van der Waals surface area (Å²) in [5.74, 6) is -1.30. The van der Waals surface area contributed by atoms with Crippen molar-refractivity contribution in [3.8, 4) is 0 Å². The first-order chi connectivity index (χ1) is 15.3. The Bertz CT molecular complexity index is 1100. The van der Waals surface area contributed by atoms with Crippen molar-refractivity contribution < 1.29 is 27.9 Å². The first-order valence-electron chi connectivity index (χ1n) is 9.18. The van der Waals surface area contributed by atoms with Crippen molar-refractivity contribution in [1.82, 2.24) is 15.3 Å². The Hall–Kier alpha value is -3.44. The molecule has 3 aromatic rings. The molecule has 2 heterocycles. The third-order valence-electron chi connectivity index (χ3n) is 4.14. The Morgan fingerprint density at radius 3 is 2.50 bits per heavy atom. The molecule has 0 bridgehead atoms. The molecule has 7 nitrogen and oxygen atoms in total. The van der Waals surface area contributed by atoms with Gasteiger partial charge in [-0.05, 0) is 48.0 Å². The quantitative estimate of drug-likeness (QED) is 0.366. The lowest BCUT2D eigenvalue weighted by atomic mass is 10.2. The third kappa shape index (κ3) is 6.05. The van der Waals surface area contributed by atoms with Crippen LogP contribution in [-0.4, -0.2) is 33.5 Å². The molecule has 1 aromatic carbocycles. The predicted molar refractivity (Wildman–Crippen MR) is 112 cm³/mol. The Labute approximate surface area is 185 Å². The largest absolute Gasteiger partial charge is 0.416 e. The molecular formula is C21H17F3N4O3S. The first kappa shape index (κ1) is 23.2. The van der Waals surface area contributed by atoms with Crippen LogP contribution in [0.2, 0.25) is 0 Å². The van der Waals surface area contributed by atoms with Crippen LogP contribution in [0.15, 0.2) is 72.1 Å². The average molecular weight is 462 g/mol. The monoisotopic (exact) mass is 462 g/mol. The molecule has 32 heavy (non-hydrogen) atoms. The van der Waals surface area contributed by atoms with E-state index in [2.05, 4.69) is 20.6 Å². The maximum absolute atomic E-state index is 12.9. The minimum Gasteiger partial charge on any atom is -0.387 e. The Morgan fingerprint density at radius 1 is 1.06 bits per heavy atom. The number of amides is 2. The Balaban J connectivity index is 1.86. The molecule has 0 aliphatic carbocycles. The molecule has 2 amide bonds. The number of halogens is 3. The summed E-state index contributed by atoms with van der Waals surface area (Å²) in [6, 6.07) is 10.6. The van der Waals surface area contributed by atoms with Crippen molar-refractivity contribution in [2.24, 2.45) is 0 Å². The van der Waals surface area contributed by atoms with Gasteiger partial charge in [-0.2, -0.15) is 13.2 Å². The second-order valence-electron chi connectivity index (χ2n) is 6.39. The van der Waals surface area contributed by atoms with E-state index in [-0.39, 0.29) is 16.3 Å². The van der Waals surface area contributed by atoms with E-state index in [1.165, 1.54) is 42.9 Å². The SMILES string of the molecule is O=C(CO)NC(Sc1ncccc1C(=O)Nc1cccc(C(F)(F)F)c1)c1ccncc1. The van der Waals surface area contributed by atoms with E-state index >= 15 is 0 Å². The van der Waals surface area contributed by atoms with Crippen LogP contribution in [0.4, 0.5) is 18.9 Å². The number of anilines is 1. The van der Waals surface area contributed by atoms with E-state index < -0.39 is 35.5 Å². The van der Waals surface area contributed by atoms with Gasteiger partial charge in [0.25, 0.3) is 5.91 Å². The molecule has 0 saturated carbocycles. The zero-order valence-corrected chi connectivity index (χ0v) is 17.2. The number of carbonyl (C=O) groups excluding carboxylic acids is 2. The number of alkyl halides is 3. The number of pyridine rings is 2. The molecule has 0 radical (unpaired) electrons.